The minimum atomic E-state index is -5.15. The number of halogens is 4. The standard InChI is InChI=1S/C13H14F4N2O6/c1-12(2)24-4-6(20)8(25-12)7(21)9(14)19-3-5(13(15,16)17)10(22)18-11(19)23/h3,7-9,21H,4H2,1-2H3,(H,18,22,23)/t7-,8-,9?/m1/s1. The third-order valence-corrected chi connectivity index (χ3v) is 3.42. The first kappa shape index (κ1) is 19.3. The SMILES string of the molecule is CC1(C)OCC(=O)[C@H]([C@@H](O)C(F)n2cc(C(F)(F)F)c(=O)[nH]c2=O)O1. The lowest BCUT2D eigenvalue weighted by Crippen LogP contribution is -2.53. The van der Waals surface area contributed by atoms with Crippen molar-refractivity contribution < 1.29 is 36.9 Å². The van der Waals surface area contributed by atoms with E-state index in [-0.39, 0.29) is 10.8 Å². The Bertz CT molecular complexity index is 784. The summed E-state index contributed by atoms with van der Waals surface area (Å²) in [6, 6.07) is 0. The molecule has 3 atom stereocenters. The van der Waals surface area contributed by atoms with Crippen LogP contribution in [0.2, 0.25) is 0 Å². The fourth-order valence-corrected chi connectivity index (χ4v) is 2.17. The maximum Gasteiger partial charge on any atom is 0.423 e. The molecule has 25 heavy (non-hydrogen) atoms. The molecule has 0 saturated carbocycles. The Morgan fingerprint density at radius 1 is 1.36 bits per heavy atom. The number of nitrogens with one attached hydrogen (secondary N) is 1. The molecular weight excluding hydrogens is 356 g/mol. The van der Waals surface area contributed by atoms with Gasteiger partial charge in [-0.1, -0.05) is 0 Å². The van der Waals surface area contributed by atoms with Crippen molar-refractivity contribution in [3.8, 4) is 0 Å². The largest absolute Gasteiger partial charge is 0.423 e. The zero-order valence-electron chi connectivity index (χ0n) is 13.0. The van der Waals surface area contributed by atoms with Crippen molar-refractivity contribution >= 4 is 5.78 Å². The highest BCUT2D eigenvalue weighted by atomic mass is 19.4. The topological polar surface area (TPSA) is 111 Å². The van der Waals surface area contributed by atoms with Gasteiger partial charge in [0.05, 0.1) is 0 Å². The Labute approximate surface area is 137 Å². The Morgan fingerprint density at radius 3 is 2.52 bits per heavy atom. The molecule has 0 bridgehead atoms. The third kappa shape index (κ3) is 3.96. The number of aromatic amines is 1. The molecule has 8 nitrogen and oxygen atoms in total. The monoisotopic (exact) mass is 370 g/mol. The van der Waals surface area contributed by atoms with E-state index in [2.05, 4.69) is 0 Å². The molecule has 1 aromatic heterocycles. The zero-order valence-corrected chi connectivity index (χ0v) is 13.0. The molecule has 140 valence electrons. The Hall–Kier alpha value is -2.05. The first-order valence-corrected chi connectivity index (χ1v) is 6.93. The van der Waals surface area contributed by atoms with E-state index in [0.29, 0.717) is 0 Å². The number of hydrogen-bond donors (Lipinski definition) is 2. The summed E-state index contributed by atoms with van der Waals surface area (Å²) in [5.41, 5.74) is -5.11. The van der Waals surface area contributed by atoms with Crippen LogP contribution in [0, 0.1) is 0 Å². The van der Waals surface area contributed by atoms with E-state index >= 15 is 0 Å². The maximum absolute atomic E-state index is 14.4. The van der Waals surface area contributed by atoms with E-state index < -0.39 is 59.7 Å². The smallest absolute Gasteiger partial charge is 0.385 e. The molecular formula is C13H14F4N2O6. The van der Waals surface area contributed by atoms with Gasteiger partial charge < -0.3 is 14.6 Å². The quantitative estimate of drug-likeness (QED) is 0.731. The molecule has 1 saturated heterocycles. The van der Waals surface area contributed by atoms with Crippen molar-refractivity contribution in [3.63, 3.8) is 0 Å². The van der Waals surface area contributed by atoms with Crippen LogP contribution in [-0.2, 0) is 20.4 Å². The Kier molecular flexibility index (Phi) is 4.90. The summed E-state index contributed by atoms with van der Waals surface area (Å²) in [5, 5.41) is 9.98. The number of alkyl halides is 4. The van der Waals surface area contributed by atoms with Gasteiger partial charge in [-0.15, -0.1) is 0 Å². The number of H-pyrrole nitrogens is 1. The van der Waals surface area contributed by atoms with Crippen molar-refractivity contribution in [2.24, 2.45) is 0 Å². The van der Waals surface area contributed by atoms with Gasteiger partial charge in [0.25, 0.3) is 5.56 Å². The molecule has 1 unspecified atom stereocenters. The number of Topliss-reactive ketones (excluding diaryl/α,β-unsaturated/α-hetero) is 1. The van der Waals surface area contributed by atoms with E-state index in [0.717, 1.165) is 0 Å². The minimum absolute atomic E-state index is 0.0655. The van der Waals surface area contributed by atoms with Gasteiger partial charge in [0.15, 0.2) is 17.7 Å². The predicted octanol–water partition coefficient (Wildman–Crippen LogP) is 0.105. The Balaban J connectivity index is 2.40. The second kappa shape index (κ2) is 6.35. The molecule has 0 aliphatic carbocycles. The number of aromatic nitrogens is 2. The van der Waals surface area contributed by atoms with E-state index in [1.165, 1.54) is 18.8 Å². The summed E-state index contributed by atoms with van der Waals surface area (Å²) in [6.45, 7) is 2.23. The summed E-state index contributed by atoms with van der Waals surface area (Å²) in [5.74, 6) is -2.21. The minimum Gasteiger partial charge on any atom is -0.385 e. The summed E-state index contributed by atoms with van der Waals surface area (Å²) in [6.07, 6.45) is -12.1. The molecule has 0 radical (unpaired) electrons. The van der Waals surface area contributed by atoms with Crippen molar-refractivity contribution in [3.05, 3.63) is 32.6 Å². The number of ether oxygens (including phenoxy) is 2. The van der Waals surface area contributed by atoms with Gasteiger partial charge in [0.2, 0.25) is 6.30 Å². The van der Waals surface area contributed by atoms with Gasteiger partial charge in [-0.3, -0.25) is 19.1 Å². The molecule has 0 aromatic carbocycles. The van der Waals surface area contributed by atoms with Crippen LogP contribution in [0.15, 0.2) is 15.8 Å². The maximum atomic E-state index is 14.4. The molecule has 0 spiro atoms. The second-order valence-electron chi connectivity index (χ2n) is 5.76. The van der Waals surface area contributed by atoms with Crippen molar-refractivity contribution in [2.45, 2.75) is 44.3 Å². The zero-order chi connectivity index (χ0) is 19.2. The highest BCUT2D eigenvalue weighted by Gasteiger charge is 2.44. The van der Waals surface area contributed by atoms with Gasteiger partial charge in [0.1, 0.15) is 18.3 Å². The van der Waals surface area contributed by atoms with Crippen LogP contribution < -0.4 is 11.2 Å². The number of carbonyl (C=O) groups excluding carboxylic acids is 1. The lowest BCUT2D eigenvalue weighted by Gasteiger charge is -2.37. The van der Waals surface area contributed by atoms with E-state index in [9.17, 15) is 37.1 Å². The van der Waals surface area contributed by atoms with Crippen LogP contribution >= 0.6 is 0 Å². The summed E-state index contributed by atoms with van der Waals surface area (Å²) >= 11 is 0. The molecule has 1 aromatic rings. The van der Waals surface area contributed by atoms with Gasteiger partial charge in [-0.2, -0.15) is 13.2 Å². The second-order valence-corrected chi connectivity index (χ2v) is 5.76. The van der Waals surface area contributed by atoms with Crippen LogP contribution in [0.5, 0.6) is 0 Å². The molecule has 1 fully saturated rings. The molecule has 2 rings (SSSR count). The average molecular weight is 370 g/mol. The van der Waals surface area contributed by atoms with Crippen LogP contribution in [0.1, 0.15) is 25.7 Å². The third-order valence-electron chi connectivity index (χ3n) is 3.42. The molecule has 1 aliphatic heterocycles. The number of ketones is 1. The Morgan fingerprint density at radius 2 is 1.96 bits per heavy atom. The van der Waals surface area contributed by atoms with Crippen LogP contribution in [-0.4, -0.2) is 45.0 Å². The molecule has 2 N–H and O–H groups in total. The fraction of sp³-hybridized carbons (Fsp3) is 0.615. The lowest BCUT2D eigenvalue weighted by molar-refractivity contribution is -0.276. The molecule has 0 amide bonds. The highest BCUT2D eigenvalue weighted by molar-refractivity contribution is 5.85. The molecule has 1 aliphatic rings. The lowest BCUT2D eigenvalue weighted by atomic mass is 10.1. The number of aliphatic hydroxyl groups is 1. The highest BCUT2D eigenvalue weighted by Crippen LogP contribution is 2.29. The van der Waals surface area contributed by atoms with Gasteiger partial charge in [0, 0.05) is 6.20 Å². The van der Waals surface area contributed by atoms with Crippen LogP contribution in [0.4, 0.5) is 17.6 Å². The number of carbonyl (C=O) groups is 1. The molecule has 2 heterocycles. The normalized spacial score (nSPS) is 23.3. The van der Waals surface area contributed by atoms with Crippen molar-refractivity contribution in [1.82, 2.24) is 9.55 Å². The van der Waals surface area contributed by atoms with Gasteiger partial charge in [-0.25, -0.2) is 9.18 Å². The summed E-state index contributed by atoms with van der Waals surface area (Å²) in [7, 11) is 0. The number of hydrogen-bond acceptors (Lipinski definition) is 6. The van der Waals surface area contributed by atoms with Crippen molar-refractivity contribution in [2.75, 3.05) is 6.61 Å². The van der Waals surface area contributed by atoms with E-state index in [4.69, 9.17) is 9.47 Å². The van der Waals surface area contributed by atoms with Crippen molar-refractivity contribution in [1.29, 1.82) is 0 Å². The number of rotatable bonds is 3. The van der Waals surface area contributed by atoms with Crippen LogP contribution in [0.25, 0.3) is 0 Å². The summed E-state index contributed by atoms with van der Waals surface area (Å²) < 4.78 is 62.5. The molecule has 12 heteroatoms. The van der Waals surface area contributed by atoms with E-state index in [1.54, 1.807) is 0 Å². The average Bonchev–Trinajstić information content (AvgIpc) is 2.47. The van der Waals surface area contributed by atoms with Crippen LogP contribution in [0.3, 0.4) is 0 Å². The number of aliphatic hydroxyl groups excluding tert-OH is 1. The van der Waals surface area contributed by atoms with E-state index in [1.807, 2.05) is 0 Å². The predicted molar refractivity (Wildman–Crippen MR) is 72.4 cm³/mol. The summed E-state index contributed by atoms with van der Waals surface area (Å²) in [4.78, 5) is 35.8. The van der Waals surface area contributed by atoms with Gasteiger partial charge >= 0.3 is 11.9 Å². The first-order chi connectivity index (χ1) is 11.3. The fourth-order valence-electron chi connectivity index (χ4n) is 2.17. The first-order valence-electron chi connectivity index (χ1n) is 6.93. The van der Waals surface area contributed by atoms with Gasteiger partial charge in [-0.05, 0) is 13.8 Å². The number of nitrogens with zero attached hydrogens (tertiary/aromatic N) is 1.